The van der Waals surface area contributed by atoms with E-state index in [0.717, 1.165) is 5.56 Å². The average Bonchev–Trinajstić information content (AvgIpc) is 2.31. The largest absolute Gasteiger partial charge is 0.469 e. The Kier molecular flexibility index (Phi) is 3.37. The van der Waals surface area contributed by atoms with Crippen molar-refractivity contribution in [3.8, 4) is 5.88 Å². The Balaban J connectivity index is 2.15. The van der Waals surface area contributed by atoms with Gasteiger partial charge in [0.05, 0.1) is 0 Å². The summed E-state index contributed by atoms with van der Waals surface area (Å²) < 4.78 is 5.62. The smallest absolute Gasteiger partial charge is 0.233 e. The monoisotopic (exact) mass is 234 g/mol. The summed E-state index contributed by atoms with van der Waals surface area (Å²) in [6.45, 7) is 1.93. The maximum Gasteiger partial charge on any atom is 0.233 e. The Bertz CT molecular complexity index is 462. The van der Waals surface area contributed by atoms with Crippen molar-refractivity contribution < 1.29 is 4.74 Å². The lowest BCUT2D eigenvalue weighted by molar-refractivity contribution is 0.215. The molecular formula is C12H11ClN2O. The SMILES string of the molecule is CC(Oc1cccnn1)c1ccccc1Cl. The highest BCUT2D eigenvalue weighted by molar-refractivity contribution is 6.31. The maximum atomic E-state index is 6.07. The summed E-state index contributed by atoms with van der Waals surface area (Å²) in [5, 5.41) is 8.30. The van der Waals surface area contributed by atoms with E-state index in [4.69, 9.17) is 16.3 Å². The molecule has 1 aromatic carbocycles. The van der Waals surface area contributed by atoms with Crippen LogP contribution in [0.2, 0.25) is 5.02 Å². The van der Waals surface area contributed by atoms with Crippen molar-refractivity contribution >= 4 is 11.6 Å². The van der Waals surface area contributed by atoms with Crippen LogP contribution in [0.25, 0.3) is 0 Å². The van der Waals surface area contributed by atoms with Gasteiger partial charge in [0.15, 0.2) is 0 Å². The third-order valence-corrected chi connectivity index (χ3v) is 2.53. The zero-order chi connectivity index (χ0) is 11.4. The fourth-order valence-electron chi connectivity index (χ4n) is 1.40. The van der Waals surface area contributed by atoms with Crippen LogP contribution in [0.15, 0.2) is 42.6 Å². The molecule has 1 aromatic heterocycles. The highest BCUT2D eigenvalue weighted by atomic mass is 35.5. The highest BCUT2D eigenvalue weighted by Gasteiger charge is 2.10. The molecule has 0 aliphatic carbocycles. The quantitative estimate of drug-likeness (QED) is 0.818. The predicted octanol–water partition coefficient (Wildman–Crippen LogP) is 3.27. The summed E-state index contributed by atoms with van der Waals surface area (Å²) in [6, 6.07) is 11.1. The van der Waals surface area contributed by atoms with E-state index in [1.165, 1.54) is 0 Å². The summed E-state index contributed by atoms with van der Waals surface area (Å²) in [5.74, 6) is 0.495. The minimum atomic E-state index is -0.148. The molecule has 0 aliphatic rings. The molecule has 0 N–H and O–H groups in total. The molecule has 0 saturated carbocycles. The van der Waals surface area contributed by atoms with E-state index in [-0.39, 0.29) is 6.10 Å². The fraction of sp³-hybridized carbons (Fsp3) is 0.167. The third-order valence-electron chi connectivity index (χ3n) is 2.19. The second kappa shape index (κ2) is 4.94. The molecule has 82 valence electrons. The molecule has 0 radical (unpaired) electrons. The first-order chi connectivity index (χ1) is 7.77. The van der Waals surface area contributed by atoms with Crippen LogP contribution in [-0.4, -0.2) is 10.2 Å². The van der Waals surface area contributed by atoms with Gasteiger partial charge >= 0.3 is 0 Å². The Morgan fingerprint density at radius 2 is 2.00 bits per heavy atom. The number of hydrogen-bond acceptors (Lipinski definition) is 3. The molecule has 0 fully saturated rings. The van der Waals surface area contributed by atoms with Gasteiger partial charge < -0.3 is 4.74 Å². The Morgan fingerprint density at radius 3 is 2.69 bits per heavy atom. The average molecular weight is 235 g/mol. The van der Waals surface area contributed by atoms with E-state index >= 15 is 0 Å². The number of nitrogens with zero attached hydrogens (tertiary/aromatic N) is 2. The maximum absolute atomic E-state index is 6.07. The van der Waals surface area contributed by atoms with E-state index in [9.17, 15) is 0 Å². The molecule has 4 heteroatoms. The molecule has 1 heterocycles. The fourth-order valence-corrected chi connectivity index (χ4v) is 1.69. The van der Waals surface area contributed by atoms with Crippen LogP contribution >= 0.6 is 11.6 Å². The Labute approximate surface area is 99.0 Å². The topological polar surface area (TPSA) is 35.0 Å². The van der Waals surface area contributed by atoms with E-state index < -0.39 is 0 Å². The van der Waals surface area contributed by atoms with Crippen molar-refractivity contribution in [1.29, 1.82) is 0 Å². The van der Waals surface area contributed by atoms with Gasteiger partial charge in [0, 0.05) is 22.8 Å². The molecule has 1 atom stereocenters. The van der Waals surface area contributed by atoms with Crippen molar-refractivity contribution in [3.05, 3.63) is 53.2 Å². The van der Waals surface area contributed by atoms with Gasteiger partial charge in [0.25, 0.3) is 0 Å². The second-order valence-electron chi connectivity index (χ2n) is 3.34. The van der Waals surface area contributed by atoms with E-state index in [1.807, 2.05) is 31.2 Å². The van der Waals surface area contributed by atoms with Gasteiger partial charge in [-0.1, -0.05) is 29.8 Å². The van der Waals surface area contributed by atoms with E-state index in [1.54, 1.807) is 18.3 Å². The molecule has 0 saturated heterocycles. The van der Waals surface area contributed by atoms with Crippen LogP contribution < -0.4 is 4.74 Å². The number of rotatable bonds is 3. The van der Waals surface area contributed by atoms with Gasteiger partial charge in [-0.05, 0) is 19.1 Å². The lowest BCUT2D eigenvalue weighted by atomic mass is 10.1. The number of benzene rings is 1. The minimum Gasteiger partial charge on any atom is -0.469 e. The van der Waals surface area contributed by atoms with Crippen molar-refractivity contribution in [3.63, 3.8) is 0 Å². The number of ether oxygens (including phenoxy) is 1. The number of hydrogen-bond donors (Lipinski definition) is 0. The standard InChI is InChI=1S/C12H11ClN2O/c1-9(10-5-2-3-6-11(10)13)16-12-7-4-8-14-15-12/h2-9H,1H3. The molecule has 2 rings (SSSR count). The van der Waals surface area contributed by atoms with Gasteiger partial charge in [-0.3, -0.25) is 0 Å². The van der Waals surface area contributed by atoms with Crippen LogP contribution in [0.3, 0.4) is 0 Å². The van der Waals surface area contributed by atoms with Crippen molar-refractivity contribution in [2.24, 2.45) is 0 Å². The molecule has 16 heavy (non-hydrogen) atoms. The van der Waals surface area contributed by atoms with Gasteiger partial charge in [-0.2, -0.15) is 5.10 Å². The Morgan fingerprint density at radius 1 is 1.19 bits per heavy atom. The molecule has 0 aliphatic heterocycles. The summed E-state index contributed by atoms with van der Waals surface area (Å²) in [5.41, 5.74) is 0.940. The van der Waals surface area contributed by atoms with Gasteiger partial charge in [-0.15, -0.1) is 5.10 Å². The third kappa shape index (κ3) is 2.49. The van der Waals surface area contributed by atoms with E-state index in [0.29, 0.717) is 10.9 Å². The van der Waals surface area contributed by atoms with Gasteiger partial charge in [0.2, 0.25) is 5.88 Å². The lowest BCUT2D eigenvalue weighted by Crippen LogP contribution is -2.05. The summed E-state index contributed by atoms with van der Waals surface area (Å²) in [7, 11) is 0. The van der Waals surface area contributed by atoms with Crippen molar-refractivity contribution in [2.75, 3.05) is 0 Å². The van der Waals surface area contributed by atoms with Crippen molar-refractivity contribution in [2.45, 2.75) is 13.0 Å². The predicted molar refractivity (Wildman–Crippen MR) is 62.5 cm³/mol. The molecular weight excluding hydrogens is 224 g/mol. The van der Waals surface area contributed by atoms with Gasteiger partial charge in [-0.25, -0.2) is 0 Å². The molecule has 0 amide bonds. The van der Waals surface area contributed by atoms with Gasteiger partial charge in [0.1, 0.15) is 6.10 Å². The molecule has 0 bridgehead atoms. The highest BCUT2D eigenvalue weighted by Crippen LogP contribution is 2.25. The first-order valence-electron chi connectivity index (χ1n) is 4.96. The summed E-state index contributed by atoms with van der Waals surface area (Å²) >= 11 is 6.07. The molecule has 3 nitrogen and oxygen atoms in total. The first-order valence-corrected chi connectivity index (χ1v) is 5.34. The number of aromatic nitrogens is 2. The van der Waals surface area contributed by atoms with Crippen LogP contribution in [-0.2, 0) is 0 Å². The lowest BCUT2D eigenvalue weighted by Gasteiger charge is -2.14. The van der Waals surface area contributed by atoms with Crippen molar-refractivity contribution in [1.82, 2.24) is 10.2 Å². The normalized spacial score (nSPS) is 12.1. The minimum absolute atomic E-state index is 0.148. The molecule has 1 unspecified atom stereocenters. The number of halogens is 1. The molecule has 0 spiro atoms. The van der Waals surface area contributed by atoms with Crippen LogP contribution in [0.4, 0.5) is 0 Å². The van der Waals surface area contributed by atoms with Crippen LogP contribution in [0.5, 0.6) is 5.88 Å². The Hall–Kier alpha value is -1.61. The second-order valence-corrected chi connectivity index (χ2v) is 3.75. The first kappa shape index (κ1) is 10.9. The summed E-state index contributed by atoms with van der Waals surface area (Å²) in [6.07, 6.45) is 1.46. The summed E-state index contributed by atoms with van der Waals surface area (Å²) in [4.78, 5) is 0. The zero-order valence-electron chi connectivity index (χ0n) is 8.80. The molecule has 2 aromatic rings. The van der Waals surface area contributed by atoms with E-state index in [2.05, 4.69) is 10.2 Å². The van der Waals surface area contributed by atoms with Crippen LogP contribution in [0.1, 0.15) is 18.6 Å². The van der Waals surface area contributed by atoms with Crippen LogP contribution in [0, 0.1) is 0 Å². The zero-order valence-corrected chi connectivity index (χ0v) is 9.56.